The summed E-state index contributed by atoms with van der Waals surface area (Å²) >= 11 is 9.45. The van der Waals surface area contributed by atoms with Crippen LogP contribution in [0.3, 0.4) is 0 Å². The molecule has 1 N–H and O–H groups in total. The topological polar surface area (TPSA) is 37.3 Å². The van der Waals surface area contributed by atoms with E-state index >= 15 is 0 Å². The van der Waals surface area contributed by atoms with Gasteiger partial charge in [0.25, 0.3) is 0 Å². The molecule has 0 bridgehead atoms. The lowest BCUT2D eigenvalue weighted by Gasteiger charge is -2.08. The second kappa shape index (κ2) is 4.51. The fourth-order valence-corrected chi connectivity index (χ4v) is 2.81. The van der Waals surface area contributed by atoms with Gasteiger partial charge in [-0.3, -0.25) is 0 Å². The van der Waals surface area contributed by atoms with Crippen molar-refractivity contribution in [3.05, 3.63) is 57.5 Å². The second-order valence-electron chi connectivity index (χ2n) is 4.28. The maximum atomic E-state index is 11.4. The number of fused-ring (bicyclic) bond motifs is 3. The summed E-state index contributed by atoms with van der Waals surface area (Å²) in [4.78, 5) is 11.4. The molecule has 0 atom stereocenters. The Balaban J connectivity index is 2.58. The molecule has 3 aromatic carbocycles. The summed E-state index contributed by atoms with van der Waals surface area (Å²) in [7, 11) is 0. The van der Waals surface area contributed by atoms with Gasteiger partial charge in [0.2, 0.25) is 0 Å². The van der Waals surface area contributed by atoms with Crippen molar-refractivity contribution in [3.63, 3.8) is 0 Å². The highest BCUT2D eigenvalue weighted by atomic mass is 79.9. The highest BCUT2D eigenvalue weighted by molar-refractivity contribution is 9.10. The Morgan fingerprint density at radius 2 is 1.79 bits per heavy atom. The van der Waals surface area contributed by atoms with Gasteiger partial charge in [-0.1, -0.05) is 39.7 Å². The molecule has 19 heavy (non-hydrogen) atoms. The van der Waals surface area contributed by atoms with Crippen LogP contribution in [0.2, 0.25) is 5.02 Å². The first-order valence-electron chi connectivity index (χ1n) is 5.61. The highest BCUT2D eigenvalue weighted by Gasteiger charge is 2.12. The number of benzene rings is 3. The van der Waals surface area contributed by atoms with Crippen LogP contribution in [0.25, 0.3) is 21.5 Å². The zero-order chi connectivity index (χ0) is 13.6. The summed E-state index contributed by atoms with van der Waals surface area (Å²) in [6.45, 7) is 0. The number of carboxylic acids is 1. The summed E-state index contributed by atoms with van der Waals surface area (Å²) in [6, 6.07) is 12.7. The minimum absolute atomic E-state index is 0.303. The third kappa shape index (κ3) is 2.09. The van der Waals surface area contributed by atoms with Gasteiger partial charge in [0.15, 0.2) is 0 Å². The van der Waals surface area contributed by atoms with E-state index < -0.39 is 5.97 Å². The van der Waals surface area contributed by atoms with Crippen molar-refractivity contribution >= 4 is 55.0 Å². The van der Waals surface area contributed by atoms with Crippen LogP contribution in [0.5, 0.6) is 0 Å². The van der Waals surface area contributed by atoms with Gasteiger partial charge in [-0.05, 0) is 51.9 Å². The maximum Gasteiger partial charge on any atom is 0.336 e. The first kappa shape index (κ1) is 12.5. The van der Waals surface area contributed by atoms with E-state index in [1.54, 1.807) is 12.1 Å². The van der Waals surface area contributed by atoms with Crippen molar-refractivity contribution in [2.45, 2.75) is 0 Å². The van der Waals surface area contributed by atoms with Gasteiger partial charge in [-0.25, -0.2) is 4.79 Å². The largest absolute Gasteiger partial charge is 0.478 e. The van der Waals surface area contributed by atoms with E-state index in [1.165, 1.54) is 0 Å². The van der Waals surface area contributed by atoms with Gasteiger partial charge < -0.3 is 5.11 Å². The molecule has 0 amide bonds. The molecule has 3 aromatic rings. The van der Waals surface area contributed by atoms with Crippen molar-refractivity contribution in [1.82, 2.24) is 0 Å². The lowest BCUT2D eigenvalue weighted by molar-refractivity contribution is 0.0699. The summed E-state index contributed by atoms with van der Waals surface area (Å²) < 4.78 is 0.906. The molecule has 3 rings (SSSR count). The predicted octanol–water partition coefficient (Wildman–Crippen LogP) is 5.11. The summed E-state index contributed by atoms with van der Waals surface area (Å²) in [6.07, 6.45) is 0. The SMILES string of the molecule is O=C(O)c1cc2ccc(Cl)cc2c2cc(Br)ccc12. The zero-order valence-corrected chi connectivity index (χ0v) is 12.0. The molecule has 0 radical (unpaired) electrons. The van der Waals surface area contributed by atoms with Crippen LogP contribution in [0.15, 0.2) is 46.9 Å². The Morgan fingerprint density at radius 1 is 1.00 bits per heavy atom. The molecule has 0 saturated carbocycles. The lowest BCUT2D eigenvalue weighted by Crippen LogP contribution is -1.98. The lowest BCUT2D eigenvalue weighted by atomic mass is 9.97. The number of carboxylic acid groups (broad SMARTS) is 1. The van der Waals surface area contributed by atoms with Gasteiger partial charge in [0.05, 0.1) is 5.56 Å². The van der Waals surface area contributed by atoms with Crippen molar-refractivity contribution in [1.29, 1.82) is 0 Å². The number of aromatic carboxylic acids is 1. The molecule has 4 heteroatoms. The summed E-state index contributed by atoms with van der Waals surface area (Å²) in [5.41, 5.74) is 0.303. The molecular formula is C15H8BrClO2. The molecule has 0 aliphatic carbocycles. The van der Waals surface area contributed by atoms with Crippen molar-refractivity contribution in [2.24, 2.45) is 0 Å². The smallest absolute Gasteiger partial charge is 0.336 e. The highest BCUT2D eigenvalue weighted by Crippen LogP contribution is 2.32. The molecule has 0 spiro atoms. The van der Waals surface area contributed by atoms with Crippen molar-refractivity contribution in [3.8, 4) is 0 Å². The first-order chi connectivity index (χ1) is 9.06. The van der Waals surface area contributed by atoms with Crippen LogP contribution >= 0.6 is 27.5 Å². The number of rotatable bonds is 1. The Labute approximate surface area is 122 Å². The average molecular weight is 336 g/mol. The van der Waals surface area contributed by atoms with E-state index in [4.69, 9.17) is 11.6 Å². The Bertz CT molecular complexity index is 827. The maximum absolute atomic E-state index is 11.4. The normalized spacial score (nSPS) is 11.1. The molecule has 0 saturated heterocycles. The molecule has 94 valence electrons. The Morgan fingerprint density at radius 3 is 2.53 bits per heavy atom. The van der Waals surface area contributed by atoms with E-state index in [1.807, 2.05) is 30.3 Å². The van der Waals surface area contributed by atoms with Crippen molar-refractivity contribution < 1.29 is 9.90 Å². The van der Waals surface area contributed by atoms with E-state index in [2.05, 4.69) is 15.9 Å². The Hall–Kier alpha value is -1.58. The van der Waals surface area contributed by atoms with Crippen LogP contribution in [0, 0.1) is 0 Å². The van der Waals surface area contributed by atoms with Gasteiger partial charge in [0, 0.05) is 9.50 Å². The van der Waals surface area contributed by atoms with Crippen molar-refractivity contribution in [2.75, 3.05) is 0 Å². The summed E-state index contributed by atoms with van der Waals surface area (Å²) in [5, 5.41) is 13.4. The van der Waals surface area contributed by atoms with Crippen LogP contribution in [0.1, 0.15) is 10.4 Å². The molecule has 2 nitrogen and oxygen atoms in total. The van der Waals surface area contributed by atoms with Gasteiger partial charge in [-0.2, -0.15) is 0 Å². The fraction of sp³-hybridized carbons (Fsp3) is 0. The molecular weight excluding hydrogens is 328 g/mol. The standard InChI is InChI=1S/C15H8BrClO2/c16-9-2-4-11-13(6-9)12-7-10(17)3-1-8(12)5-14(11)15(18)19/h1-7H,(H,18,19). The van der Waals surface area contributed by atoms with Gasteiger partial charge in [-0.15, -0.1) is 0 Å². The monoisotopic (exact) mass is 334 g/mol. The number of carbonyl (C=O) groups is 1. The average Bonchev–Trinajstić information content (AvgIpc) is 2.37. The number of hydrogen-bond donors (Lipinski definition) is 1. The van der Waals surface area contributed by atoms with Gasteiger partial charge in [0.1, 0.15) is 0 Å². The number of halogens is 2. The molecule has 0 aliphatic rings. The molecule has 0 aromatic heterocycles. The van der Waals surface area contributed by atoms with Crippen LogP contribution in [0.4, 0.5) is 0 Å². The number of hydrogen-bond acceptors (Lipinski definition) is 1. The fourth-order valence-electron chi connectivity index (χ4n) is 2.27. The minimum atomic E-state index is -0.927. The molecule has 0 fully saturated rings. The van der Waals surface area contributed by atoms with E-state index in [9.17, 15) is 9.90 Å². The van der Waals surface area contributed by atoms with Crippen LogP contribution in [-0.2, 0) is 0 Å². The second-order valence-corrected chi connectivity index (χ2v) is 5.64. The minimum Gasteiger partial charge on any atom is -0.478 e. The molecule has 0 aliphatic heterocycles. The summed E-state index contributed by atoms with van der Waals surface area (Å²) in [5.74, 6) is -0.927. The Kier molecular flexibility index (Phi) is 2.96. The quantitative estimate of drug-likeness (QED) is 0.628. The third-order valence-corrected chi connectivity index (χ3v) is 3.84. The third-order valence-electron chi connectivity index (χ3n) is 3.11. The van der Waals surface area contributed by atoms with E-state index in [0.29, 0.717) is 16.0 Å². The van der Waals surface area contributed by atoms with Gasteiger partial charge >= 0.3 is 5.97 Å². The molecule has 0 heterocycles. The van der Waals surface area contributed by atoms with Crippen LogP contribution in [-0.4, -0.2) is 11.1 Å². The zero-order valence-electron chi connectivity index (χ0n) is 9.65. The predicted molar refractivity (Wildman–Crippen MR) is 81.1 cm³/mol. The van der Waals surface area contributed by atoms with E-state index in [-0.39, 0.29) is 0 Å². The molecule has 0 unspecified atom stereocenters. The van der Waals surface area contributed by atoms with E-state index in [0.717, 1.165) is 20.6 Å². The van der Waals surface area contributed by atoms with Crippen LogP contribution < -0.4 is 0 Å². The first-order valence-corrected chi connectivity index (χ1v) is 6.78.